The van der Waals surface area contributed by atoms with Crippen LogP contribution < -0.4 is 20.9 Å². The van der Waals surface area contributed by atoms with Gasteiger partial charge in [0.2, 0.25) is 0 Å². The maximum absolute atomic E-state index is 13.0. The summed E-state index contributed by atoms with van der Waals surface area (Å²) in [6.45, 7) is 0.823. The molecule has 4 aromatic rings. The zero-order valence-electron chi connectivity index (χ0n) is 16.8. The number of hydrogen-bond acceptors (Lipinski definition) is 7. The number of benzene rings is 2. The molecule has 12 heteroatoms. The summed E-state index contributed by atoms with van der Waals surface area (Å²) in [5.41, 5.74) is 3.45. The van der Waals surface area contributed by atoms with Crippen molar-refractivity contribution in [1.29, 1.82) is 0 Å². The molecule has 0 saturated heterocycles. The van der Waals surface area contributed by atoms with Crippen LogP contribution in [0.5, 0.6) is 0 Å². The minimum absolute atomic E-state index is 0.0670. The number of aromatic nitrogens is 2. The van der Waals surface area contributed by atoms with Crippen molar-refractivity contribution in [3.8, 4) is 5.69 Å². The van der Waals surface area contributed by atoms with E-state index in [4.69, 9.17) is 11.6 Å². The lowest BCUT2D eigenvalue weighted by Gasteiger charge is -2.11. The van der Waals surface area contributed by atoms with Gasteiger partial charge in [0, 0.05) is 23.5 Å². The smallest absolute Gasteiger partial charge is 0.333 e. The maximum Gasteiger partial charge on any atom is 0.333 e. The monoisotopic (exact) mass is 501 g/mol. The molecule has 2 amide bonds. The molecule has 1 aliphatic heterocycles. The van der Waals surface area contributed by atoms with Gasteiger partial charge in [0.15, 0.2) is 0 Å². The summed E-state index contributed by atoms with van der Waals surface area (Å²) >= 11 is 6.60. The van der Waals surface area contributed by atoms with Gasteiger partial charge in [-0.2, -0.15) is 0 Å². The molecule has 9 nitrogen and oxygen atoms in total. The van der Waals surface area contributed by atoms with Crippen molar-refractivity contribution in [3.05, 3.63) is 75.1 Å². The van der Waals surface area contributed by atoms with Crippen LogP contribution in [0.1, 0.15) is 5.56 Å². The molecule has 5 rings (SSSR count). The van der Waals surface area contributed by atoms with E-state index in [-0.39, 0.29) is 9.77 Å². The van der Waals surface area contributed by atoms with Crippen LogP contribution in [0.3, 0.4) is 0 Å². The van der Waals surface area contributed by atoms with E-state index >= 15 is 0 Å². The van der Waals surface area contributed by atoms with Crippen molar-refractivity contribution >= 4 is 61.3 Å². The number of thiophene rings is 1. The van der Waals surface area contributed by atoms with E-state index in [0.29, 0.717) is 26.6 Å². The fourth-order valence-corrected chi connectivity index (χ4v) is 6.05. The summed E-state index contributed by atoms with van der Waals surface area (Å²) in [4.78, 5) is 29.7. The molecule has 168 valence electrons. The lowest BCUT2D eigenvalue weighted by atomic mass is 10.1. The van der Waals surface area contributed by atoms with Gasteiger partial charge in [-0.15, -0.1) is 11.3 Å². The number of fused-ring (bicyclic) bond motifs is 3. The lowest BCUT2D eigenvalue weighted by molar-refractivity contribution is 0.256. The first-order valence-electron chi connectivity index (χ1n) is 9.78. The Hall–Kier alpha value is -3.41. The van der Waals surface area contributed by atoms with Crippen LogP contribution in [0.4, 0.5) is 16.2 Å². The Bertz CT molecular complexity index is 1560. The minimum atomic E-state index is -4.03. The number of nitrogens with one attached hydrogen (secondary N) is 3. The van der Waals surface area contributed by atoms with Gasteiger partial charge >= 0.3 is 6.03 Å². The van der Waals surface area contributed by atoms with E-state index in [1.54, 1.807) is 30.3 Å². The van der Waals surface area contributed by atoms with Crippen LogP contribution in [0.2, 0.25) is 4.34 Å². The Kier molecular flexibility index (Phi) is 5.31. The van der Waals surface area contributed by atoms with Crippen LogP contribution in [0.25, 0.3) is 16.6 Å². The maximum atomic E-state index is 13.0. The molecule has 0 unspecified atom stereocenters. The van der Waals surface area contributed by atoms with Gasteiger partial charge in [0.1, 0.15) is 10.5 Å². The molecule has 0 radical (unpaired) electrons. The lowest BCUT2D eigenvalue weighted by Crippen LogP contribution is -2.33. The topological polar surface area (TPSA) is 122 Å². The summed E-state index contributed by atoms with van der Waals surface area (Å²) in [6, 6.07) is 11.9. The molecule has 0 atom stereocenters. The number of nitrogens with zero attached hydrogens (tertiary/aromatic N) is 2. The van der Waals surface area contributed by atoms with E-state index in [1.807, 2.05) is 10.8 Å². The standard InChI is InChI=1S/C21H16ClN5O4S2/c22-17-7-8-18(32-17)33(30,31)26-21(29)25-12-1-3-13(4-2-12)27-11-24-19-14-9-10-23-16(14)6-5-15(19)20(27)28/h1-8,11,23H,9-10H2,(H2,25,26,29). The van der Waals surface area contributed by atoms with Crippen molar-refractivity contribution in [3.63, 3.8) is 0 Å². The number of hydrogen-bond donors (Lipinski definition) is 3. The molecule has 2 aromatic heterocycles. The number of rotatable bonds is 4. The Labute approximate surface area is 197 Å². The molecule has 33 heavy (non-hydrogen) atoms. The van der Waals surface area contributed by atoms with E-state index < -0.39 is 16.1 Å². The molecule has 0 spiro atoms. The summed E-state index contributed by atoms with van der Waals surface area (Å²) in [5, 5.41) is 6.26. The highest BCUT2D eigenvalue weighted by molar-refractivity contribution is 7.92. The third-order valence-corrected chi connectivity index (χ3v) is 8.22. The number of carbonyl (C=O) groups is 1. The van der Waals surface area contributed by atoms with Crippen molar-refractivity contribution in [2.45, 2.75) is 10.6 Å². The zero-order valence-corrected chi connectivity index (χ0v) is 19.2. The second kappa shape index (κ2) is 8.18. The minimum Gasteiger partial charge on any atom is -0.384 e. The van der Waals surface area contributed by atoms with Crippen LogP contribution in [-0.2, 0) is 16.4 Å². The molecule has 0 bridgehead atoms. The number of amides is 2. The van der Waals surface area contributed by atoms with E-state index in [1.165, 1.54) is 23.0 Å². The normalized spacial score (nSPS) is 12.9. The molecular weight excluding hydrogens is 486 g/mol. The van der Waals surface area contributed by atoms with Crippen molar-refractivity contribution in [1.82, 2.24) is 14.3 Å². The molecule has 0 aliphatic carbocycles. The summed E-state index contributed by atoms with van der Waals surface area (Å²) in [5.74, 6) is 0. The van der Waals surface area contributed by atoms with Crippen LogP contribution >= 0.6 is 22.9 Å². The molecule has 1 aliphatic rings. The molecule has 3 N–H and O–H groups in total. The van der Waals surface area contributed by atoms with Gasteiger partial charge in [-0.1, -0.05) is 11.6 Å². The second-order valence-corrected chi connectivity index (χ2v) is 10.9. The number of urea groups is 1. The number of anilines is 2. The summed E-state index contributed by atoms with van der Waals surface area (Å²) in [6.07, 6.45) is 2.30. The van der Waals surface area contributed by atoms with Crippen molar-refractivity contribution < 1.29 is 13.2 Å². The first kappa shape index (κ1) is 21.4. The third-order valence-electron chi connectivity index (χ3n) is 5.17. The predicted octanol–water partition coefficient (Wildman–Crippen LogP) is 3.58. The van der Waals surface area contributed by atoms with Gasteiger partial charge < -0.3 is 10.6 Å². The van der Waals surface area contributed by atoms with E-state index in [2.05, 4.69) is 15.6 Å². The van der Waals surface area contributed by atoms with Crippen LogP contribution in [0, 0.1) is 0 Å². The predicted molar refractivity (Wildman–Crippen MR) is 128 cm³/mol. The highest BCUT2D eigenvalue weighted by Crippen LogP contribution is 2.28. The zero-order chi connectivity index (χ0) is 23.2. The first-order chi connectivity index (χ1) is 15.8. The van der Waals surface area contributed by atoms with Crippen LogP contribution in [-0.4, -0.2) is 30.5 Å². The third kappa shape index (κ3) is 4.06. The molecule has 0 fully saturated rings. The van der Waals surface area contributed by atoms with Crippen LogP contribution in [0.15, 0.2) is 63.9 Å². The first-order valence-corrected chi connectivity index (χ1v) is 12.5. The Morgan fingerprint density at radius 3 is 2.64 bits per heavy atom. The quantitative estimate of drug-likeness (QED) is 0.393. The van der Waals surface area contributed by atoms with E-state index in [0.717, 1.165) is 35.6 Å². The Morgan fingerprint density at radius 2 is 1.91 bits per heavy atom. The van der Waals surface area contributed by atoms with Crippen molar-refractivity contribution in [2.75, 3.05) is 17.2 Å². The van der Waals surface area contributed by atoms with Gasteiger partial charge in [0.05, 0.1) is 20.9 Å². The second-order valence-electron chi connectivity index (χ2n) is 7.25. The van der Waals surface area contributed by atoms with Crippen molar-refractivity contribution in [2.24, 2.45) is 0 Å². The molecular formula is C21H16ClN5O4S2. The molecule has 3 heterocycles. The Balaban J connectivity index is 1.35. The van der Waals surface area contributed by atoms with Gasteiger partial charge in [0.25, 0.3) is 15.6 Å². The average Bonchev–Trinajstić information content (AvgIpc) is 3.44. The molecule has 0 saturated carbocycles. The largest absolute Gasteiger partial charge is 0.384 e. The molecule has 2 aromatic carbocycles. The number of carbonyl (C=O) groups excluding carboxylic acids is 1. The summed E-state index contributed by atoms with van der Waals surface area (Å²) in [7, 11) is -4.03. The fraction of sp³-hybridized carbons (Fsp3) is 0.0952. The SMILES string of the molecule is O=C(Nc1ccc(-n2cnc3c4c(ccc3c2=O)NCC4)cc1)NS(=O)(=O)c1ccc(Cl)s1. The van der Waals surface area contributed by atoms with E-state index in [9.17, 15) is 18.0 Å². The highest BCUT2D eigenvalue weighted by Gasteiger charge is 2.20. The highest BCUT2D eigenvalue weighted by atomic mass is 35.5. The fourth-order valence-electron chi connectivity index (χ4n) is 3.66. The van der Waals surface area contributed by atoms with Gasteiger partial charge in [-0.25, -0.2) is 22.9 Å². The summed E-state index contributed by atoms with van der Waals surface area (Å²) < 4.78 is 28.0. The number of halogens is 1. The Morgan fingerprint density at radius 1 is 1.12 bits per heavy atom. The van der Waals surface area contributed by atoms with Gasteiger partial charge in [-0.3, -0.25) is 9.36 Å². The average molecular weight is 502 g/mol. The number of sulfonamides is 1. The van der Waals surface area contributed by atoms with Gasteiger partial charge in [-0.05, 0) is 55.0 Å².